The van der Waals surface area contributed by atoms with E-state index < -0.39 is 10.0 Å². The van der Waals surface area contributed by atoms with Gasteiger partial charge in [0.05, 0.1) is 18.5 Å². The van der Waals surface area contributed by atoms with Gasteiger partial charge in [0.25, 0.3) is 0 Å². The van der Waals surface area contributed by atoms with Crippen molar-refractivity contribution in [2.45, 2.75) is 44.9 Å². The third-order valence-electron chi connectivity index (χ3n) is 4.23. The van der Waals surface area contributed by atoms with E-state index >= 15 is 0 Å². The van der Waals surface area contributed by atoms with Crippen molar-refractivity contribution in [2.24, 2.45) is 0 Å². The minimum absolute atomic E-state index is 0.0197. The van der Waals surface area contributed by atoms with E-state index in [1.807, 2.05) is 42.1 Å². The summed E-state index contributed by atoms with van der Waals surface area (Å²) in [5, 5.41) is 4.39. The summed E-state index contributed by atoms with van der Waals surface area (Å²) >= 11 is 0. The third-order valence-corrected chi connectivity index (χ3v) is 5.59. The number of hydrogen-bond donors (Lipinski definition) is 1. The molecule has 0 saturated carbocycles. The monoisotopic (exact) mass is 333 g/mol. The Bertz CT molecular complexity index is 781. The Labute approximate surface area is 137 Å². The van der Waals surface area contributed by atoms with Gasteiger partial charge in [-0.25, -0.2) is 13.1 Å². The van der Waals surface area contributed by atoms with Gasteiger partial charge < -0.3 is 0 Å². The highest BCUT2D eigenvalue weighted by Crippen LogP contribution is 2.20. The number of aryl methyl sites for hydroxylation is 2. The van der Waals surface area contributed by atoms with E-state index in [9.17, 15) is 8.42 Å². The van der Waals surface area contributed by atoms with Crippen LogP contribution in [0.25, 0.3) is 0 Å². The second-order valence-corrected chi connectivity index (χ2v) is 8.00. The Morgan fingerprint density at radius 2 is 2.09 bits per heavy atom. The summed E-state index contributed by atoms with van der Waals surface area (Å²) in [6, 6.07) is 7.60. The van der Waals surface area contributed by atoms with Crippen LogP contribution in [-0.2, 0) is 35.2 Å². The van der Waals surface area contributed by atoms with Crippen LogP contribution in [0.15, 0.2) is 30.5 Å². The predicted octanol–water partition coefficient (Wildman–Crippen LogP) is 2.19. The molecule has 1 aliphatic rings. The van der Waals surface area contributed by atoms with Gasteiger partial charge in [-0.2, -0.15) is 5.10 Å². The normalized spacial score (nSPS) is 14.7. The number of benzene rings is 1. The first-order valence-corrected chi connectivity index (χ1v) is 9.75. The van der Waals surface area contributed by atoms with Gasteiger partial charge in [0, 0.05) is 12.2 Å². The molecule has 124 valence electrons. The van der Waals surface area contributed by atoms with Gasteiger partial charge in [0.1, 0.15) is 0 Å². The van der Waals surface area contributed by atoms with Crippen LogP contribution in [0.2, 0.25) is 0 Å². The van der Waals surface area contributed by atoms with Crippen LogP contribution in [0.1, 0.15) is 35.2 Å². The average Bonchev–Trinajstić information content (AvgIpc) is 2.90. The standard InChI is InChI=1S/C17H23N3O2S/c1-14-5-4-6-15(11-14)13-23(21,22)19-9-10-20-17-8-3-2-7-16(17)12-18-20/h4-6,11-12,19H,2-3,7-10,13H2,1H3. The summed E-state index contributed by atoms with van der Waals surface area (Å²) in [6.07, 6.45) is 6.48. The Hall–Kier alpha value is -1.66. The fraction of sp³-hybridized carbons (Fsp3) is 0.471. The topological polar surface area (TPSA) is 64.0 Å². The Kier molecular flexibility index (Phi) is 4.82. The molecule has 23 heavy (non-hydrogen) atoms. The van der Waals surface area contributed by atoms with Crippen molar-refractivity contribution in [3.8, 4) is 0 Å². The summed E-state index contributed by atoms with van der Waals surface area (Å²) < 4.78 is 29.0. The molecule has 1 aromatic carbocycles. The molecule has 5 nitrogen and oxygen atoms in total. The molecule has 0 atom stereocenters. The van der Waals surface area contributed by atoms with Crippen molar-refractivity contribution in [1.29, 1.82) is 0 Å². The zero-order valence-electron chi connectivity index (χ0n) is 13.5. The van der Waals surface area contributed by atoms with E-state index in [1.165, 1.54) is 24.1 Å². The molecule has 2 aromatic rings. The maximum absolute atomic E-state index is 12.2. The lowest BCUT2D eigenvalue weighted by Gasteiger charge is -2.14. The summed E-state index contributed by atoms with van der Waals surface area (Å²) in [4.78, 5) is 0. The van der Waals surface area contributed by atoms with E-state index in [0.717, 1.165) is 24.0 Å². The second kappa shape index (κ2) is 6.84. The molecule has 1 aromatic heterocycles. The van der Waals surface area contributed by atoms with Crippen LogP contribution in [0.4, 0.5) is 0 Å². The van der Waals surface area contributed by atoms with Crippen molar-refractivity contribution in [1.82, 2.24) is 14.5 Å². The molecule has 0 unspecified atom stereocenters. The van der Waals surface area contributed by atoms with Gasteiger partial charge in [-0.1, -0.05) is 29.8 Å². The molecular formula is C17H23N3O2S. The van der Waals surface area contributed by atoms with Crippen molar-refractivity contribution in [3.05, 3.63) is 52.8 Å². The molecule has 0 aliphatic heterocycles. The van der Waals surface area contributed by atoms with Crippen molar-refractivity contribution >= 4 is 10.0 Å². The van der Waals surface area contributed by atoms with E-state index in [0.29, 0.717) is 13.1 Å². The number of nitrogens with zero attached hydrogens (tertiary/aromatic N) is 2. The van der Waals surface area contributed by atoms with Crippen molar-refractivity contribution < 1.29 is 8.42 Å². The van der Waals surface area contributed by atoms with Crippen LogP contribution >= 0.6 is 0 Å². The Morgan fingerprint density at radius 3 is 2.91 bits per heavy atom. The molecule has 1 heterocycles. The first-order valence-electron chi connectivity index (χ1n) is 8.10. The van der Waals surface area contributed by atoms with Gasteiger partial charge in [0.2, 0.25) is 10.0 Å². The fourth-order valence-corrected chi connectivity index (χ4v) is 4.25. The molecule has 0 radical (unpaired) electrons. The Morgan fingerprint density at radius 1 is 1.26 bits per heavy atom. The third kappa shape index (κ3) is 4.20. The molecule has 0 saturated heterocycles. The average molecular weight is 333 g/mol. The molecule has 1 N–H and O–H groups in total. The van der Waals surface area contributed by atoms with Gasteiger partial charge in [-0.05, 0) is 43.7 Å². The SMILES string of the molecule is Cc1cccc(CS(=O)(=O)NCCn2ncc3c2CCCC3)c1. The molecule has 0 bridgehead atoms. The lowest BCUT2D eigenvalue weighted by Crippen LogP contribution is -2.29. The molecule has 0 amide bonds. The number of nitrogens with one attached hydrogen (secondary N) is 1. The second-order valence-electron chi connectivity index (χ2n) is 6.19. The fourth-order valence-electron chi connectivity index (χ4n) is 3.13. The first-order chi connectivity index (χ1) is 11.0. The highest BCUT2D eigenvalue weighted by molar-refractivity contribution is 7.88. The molecule has 6 heteroatoms. The number of aromatic nitrogens is 2. The van der Waals surface area contributed by atoms with Gasteiger partial charge in [0.15, 0.2) is 0 Å². The van der Waals surface area contributed by atoms with Crippen LogP contribution in [-0.4, -0.2) is 24.7 Å². The van der Waals surface area contributed by atoms with Crippen molar-refractivity contribution in [3.63, 3.8) is 0 Å². The summed E-state index contributed by atoms with van der Waals surface area (Å²) in [5.41, 5.74) is 4.47. The minimum atomic E-state index is -3.32. The quantitative estimate of drug-likeness (QED) is 0.881. The predicted molar refractivity (Wildman–Crippen MR) is 90.7 cm³/mol. The zero-order valence-corrected chi connectivity index (χ0v) is 14.3. The molecule has 0 spiro atoms. The van der Waals surface area contributed by atoms with Crippen LogP contribution < -0.4 is 4.72 Å². The van der Waals surface area contributed by atoms with Crippen LogP contribution in [0.3, 0.4) is 0 Å². The summed E-state index contributed by atoms with van der Waals surface area (Å²) in [5.74, 6) is 0.0197. The van der Waals surface area contributed by atoms with Crippen LogP contribution in [0, 0.1) is 6.92 Å². The highest BCUT2D eigenvalue weighted by atomic mass is 32.2. The molecular weight excluding hydrogens is 310 g/mol. The van der Waals surface area contributed by atoms with E-state index in [4.69, 9.17) is 0 Å². The lowest BCUT2D eigenvalue weighted by molar-refractivity contribution is 0.538. The van der Waals surface area contributed by atoms with Crippen LogP contribution in [0.5, 0.6) is 0 Å². The van der Waals surface area contributed by atoms with Gasteiger partial charge in [-0.15, -0.1) is 0 Å². The van der Waals surface area contributed by atoms with E-state index in [2.05, 4.69) is 9.82 Å². The smallest absolute Gasteiger partial charge is 0.215 e. The maximum Gasteiger partial charge on any atom is 0.215 e. The minimum Gasteiger partial charge on any atom is -0.268 e. The molecule has 3 rings (SSSR count). The number of hydrogen-bond acceptors (Lipinski definition) is 3. The van der Waals surface area contributed by atoms with E-state index in [1.54, 1.807) is 0 Å². The Balaban J connectivity index is 1.56. The molecule has 0 fully saturated rings. The summed E-state index contributed by atoms with van der Waals surface area (Å²) in [7, 11) is -3.32. The number of fused-ring (bicyclic) bond motifs is 1. The lowest BCUT2D eigenvalue weighted by atomic mass is 9.98. The van der Waals surface area contributed by atoms with Gasteiger partial charge in [-0.3, -0.25) is 4.68 Å². The zero-order chi connectivity index (χ0) is 16.3. The molecule has 1 aliphatic carbocycles. The maximum atomic E-state index is 12.2. The number of rotatable bonds is 6. The van der Waals surface area contributed by atoms with Crippen molar-refractivity contribution in [2.75, 3.05) is 6.54 Å². The largest absolute Gasteiger partial charge is 0.268 e. The number of sulfonamides is 1. The van der Waals surface area contributed by atoms with E-state index in [-0.39, 0.29) is 5.75 Å². The van der Waals surface area contributed by atoms with Gasteiger partial charge >= 0.3 is 0 Å². The first kappa shape index (κ1) is 16.2. The highest BCUT2D eigenvalue weighted by Gasteiger charge is 2.16. The summed E-state index contributed by atoms with van der Waals surface area (Å²) in [6.45, 7) is 2.93.